The largest absolute Gasteiger partial charge is 0.352 e. The molecule has 1 heterocycles. The second-order valence-electron chi connectivity index (χ2n) is 6.31. The van der Waals surface area contributed by atoms with E-state index in [1.807, 2.05) is 0 Å². The second-order valence-corrected chi connectivity index (χ2v) is 8.53. The first kappa shape index (κ1) is 15.4. The van der Waals surface area contributed by atoms with Crippen molar-refractivity contribution in [3.8, 4) is 0 Å². The van der Waals surface area contributed by atoms with Crippen molar-refractivity contribution in [1.29, 1.82) is 0 Å². The number of nitrogens with one attached hydrogen (secondary N) is 1. The third-order valence-electron chi connectivity index (χ3n) is 3.09. The molecule has 0 aromatic carbocycles. The van der Waals surface area contributed by atoms with Crippen LogP contribution in [0.15, 0.2) is 0 Å². The molecule has 0 saturated carbocycles. The predicted octanol–water partition coefficient (Wildman–Crippen LogP) is 0.301. The highest BCUT2D eigenvalue weighted by Gasteiger charge is 2.31. The zero-order chi connectivity index (χ0) is 14.0. The molecule has 3 N–H and O–H groups in total. The summed E-state index contributed by atoms with van der Waals surface area (Å²) in [5, 5.41) is 2.81. The molecule has 1 rings (SSSR count). The molecule has 0 aliphatic carbocycles. The van der Waals surface area contributed by atoms with Crippen LogP contribution in [0.25, 0.3) is 0 Å². The van der Waals surface area contributed by atoms with Crippen LogP contribution in [0.5, 0.6) is 0 Å². The Hall–Kier alpha value is -0.620. The first-order valence-electron chi connectivity index (χ1n) is 6.34. The summed E-state index contributed by atoms with van der Waals surface area (Å²) in [5.74, 6) is -0.126. The highest BCUT2D eigenvalue weighted by atomic mass is 32.2. The molecule has 1 saturated heterocycles. The Labute approximate surface area is 109 Å². The van der Waals surface area contributed by atoms with E-state index in [2.05, 4.69) is 26.1 Å². The maximum absolute atomic E-state index is 12.0. The Morgan fingerprint density at radius 2 is 2.06 bits per heavy atom. The van der Waals surface area contributed by atoms with Crippen LogP contribution in [0.1, 0.15) is 33.6 Å². The number of rotatable bonds is 4. The lowest BCUT2D eigenvalue weighted by Crippen LogP contribution is -2.43. The topological polar surface area (TPSA) is 89.3 Å². The van der Waals surface area contributed by atoms with Gasteiger partial charge in [-0.2, -0.15) is 0 Å². The molecule has 0 aromatic rings. The summed E-state index contributed by atoms with van der Waals surface area (Å²) < 4.78 is 22.6. The third kappa shape index (κ3) is 4.94. The van der Waals surface area contributed by atoms with Crippen molar-refractivity contribution >= 4 is 15.7 Å². The lowest BCUT2D eigenvalue weighted by molar-refractivity contribution is -0.126. The quantitative estimate of drug-likeness (QED) is 0.773. The number of hydrogen-bond acceptors (Lipinski definition) is 4. The molecule has 2 unspecified atom stereocenters. The number of nitrogens with two attached hydrogens (primary N) is 1. The average Bonchev–Trinajstić information content (AvgIpc) is 2.53. The maximum atomic E-state index is 12.0. The Balaban J connectivity index is 2.53. The van der Waals surface area contributed by atoms with E-state index in [0.717, 1.165) is 0 Å². The van der Waals surface area contributed by atoms with Gasteiger partial charge in [-0.15, -0.1) is 0 Å². The molecule has 0 aromatic heterocycles. The Kier molecular flexibility index (Phi) is 4.78. The number of carbonyl (C=O) groups excluding carboxylic acids is 1. The highest BCUT2D eigenvalue weighted by Crippen LogP contribution is 2.24. The van der Waals surface area contributed by atoms with Gasteiger partial charge in [0.05, 0.1) is 17.4 Å². The van der Waals surface area contributed by atoms with Gasteiger partial charge in [0.25, 0.3) is 0 Å². The fraction of sp³-hybridized carbons (Fsp3) is 0.917. The van der Waals surface area contributed by atoms with Crippen LogP contribution >= 0.6 is 0 Å². The second kappa shape index (κ2) is 5.57. The van der Waals surface area contributed by atoms with E-state index < -0.39 is 9.84 Å². The molecule has 1 amide bonds. The Bertz CT molecular complexity index is 398. The fourth-order valence-corrected chi connectivity index (χ4v) is 3.92. The monoisotopic (exact) mass is 276 g/mol. The summed E-state index contributed by atoms with van der Waals surface area (Å²) in [7, 11) is -2.95. The molecule has 1 fully saturated rings. The molecular weight excluding hydrogens is 252 g/mol. The zero-order valence-corrected chi connectivity index (χ0v) is 12.2. The minimum atomic E-state index is -2.95. The maximum Gasteiger partial charge on any atom is 0.224 e. The molecule has 2 atom stereocenters. The zero-order valence-electron chi connectivity index (χ0n) is 11.4. The predicted molar refractivity (Wildman–Crippen MR) is 71.8 cm³/mol. The van der Waals surface area contributed by atoms with Gasteiger partial charge in [-0.1, -0.05) is 20.8 Å². The SMILES string of the molecule is CC(C)(C)CC(CN)C(=O)NC1CCS(=O)(=O)C1. The van der Waals surface area contributed by atoms with Gasteiger partial charge in [-0.3, -0.25) is 4.79 Å². The van der Waals surface area contributed by atoms with Gasteiger partial charge in [0.15, 0.2) is 9.84 Å². The van der Waals surface area contributed by atoms with Gasteiger partial charge < -0.3 is 11.1 Å². The Morgan fingerprint density at radius 3 is 2.44 bits per heavy atom. The van der Waals surface area contributed by atoms with Crippen molar-refractivity contribution in [3.05, 3.63) is 0 Å². The van der Waals surface area contributed by atoms with Crippen molar-refractivity contribution < 1.29 is 13.2 Å². The average molecular weight is 276 g/mol. The smallest absolute Gasteiger partial charge is 0.224 e. The summed E-state index contributed by atoms with van der Waals surface area (Å²) >= 11 is 0. The van der Waals surface area contributed by atoms with Crippen molar-refractivity contribution in [1.82, 2.24) is 5.32 Å². The summed E-state index contributed by atoms with van der Waals surface area (Å²) in [6.45, 7) is 6.47. The van der Waals surface area contributed by atoms with Crippen LogP contribution in [-0.4, -0.2) is 38.4 Å². The van der Waals surface area contributed by atoms with E-state index in [1.165, 1.54) is 0 Å². The highest BCUT2D eigenvalue weighted by molar-refractivity contribution is 7.91. The van der Waals surface area contributed by atoms with Crippen LogP contribution in [-0.2, 0) is 14.6 Å². The number of carbonyl (C=O) groups is 1. The molecule has 0 spiro atoms. The van der Waals surface area contributed by atoms with E-state index in [-0.39, 0.29) is 34.8 Å². The van der Waals surface area contributed by atoms with Crippen LogP contribution in [0, 0.1) is 11.3 Å². The van der Waals surface area contributed by atoms with Gasteiger partial charge in [0.2, 0.25) is 5.91 Å². The van der Waals surface area contributed by atoms with Crippen LogP contribution in [0.3, 0.4) is 0 Å². The molecule has 1 aliphatic heterocycles. The molecule has 18 heavy (non-hydrogen) atoms. The van der Waals surface area contributed by atoms with Gasteiger partial charge in [-0.05, 0) is 18.3 Å². The van der Waals surface area contributed by atoms with Crippen molar-refractivity contribution in [3.63, 3.8) is 0 Å². The summed E-state index contributed by atoms with van der Waals surface area (Å²) in [4.78, 5) is 12.0. The van der Waals surface area contributed by atoms with Crippen molar-refractivity contribution in [2.75, 3.05) is 18.1 Å². The lowest BCUT2D eigenvalue weighted by atomic mass is 9.84. The molecule has 1 aliphatic rings. The standard InChI is InChI=1S/C12H24N2O3S/c1-12(2,3)6-9(7-13)11(15)14-10-4-5-18(16,17)8-10/h9-10H,4-8,13H2,1-3H3,(H,14,15). The molecule has 6 heteroatoms. The van der Waals surface area contributed by atoms with Gasteiger partial charge in [0.1, 0.15) is 0 Å². The minimum absolute atomic E-state index is 0.0309. The van der Waals surface area contributed by atoms with Crippen molar-refractivity contribution in [2.24, 2.45) is 17.1 Å². The summed E-state index contributed by atoms with van der Waals surface area (Å²) in [5.41, 5.74) is 5.66. The number of hydrogen-bond donors (Lipinski definition) is 2. The third-order valence-corrected chi connectivity index (χ3v) is 4.86. The van der Waals surface area contributed by atoms with E-state index in [4.69, 9.17) is 5.73 Å². The van der Waals surface area contributed by atoms with E-state index in [9.17, 15) is 13.2 Å². The van der Waals surface area contributed by atoms with E-state index in [0.29, 0.717) is 19.4 Å². The fourth-order valence-electron chi connectivity index (χ4n) is 2.25. The molecule has 0 radical (unpaired) electrons. The number of sulfone groups is 1. The summed E-state index contributed by atoms with van der Waals surface area (Å²) in [6, 6.07) is -0.239. The first-order valence-corrected chi connectivity index (χ1v) is 8.16. The van der Waals surface area contributed by atoms with Crippen LogP contribution < -0.4 is 11.1 Å². The molecule has 106 valence electrons. The van der Waals surface area contributed by atoms with Gasteiger partial charge in [-0.25, -0.2) is 8.42 Å². The number of amides is 1. The minimum Gasteiger partial charge on any atom is -0.352 e. The van der Waals surface area contributed by atoms with Crippen molar-refractivity contribution in [2.45, 2.75) is 39.7 Å². The lowest BCUT2D eigenvalue weighted by Gasteiger charge is -2.25. The van der Waals surface area contributed by atoms with Crippen LogP contribution in [0.2, 0.25) is 0 Å². The molecular formula is C12H24N2O3S. The van der Waals surface area contributed by atoms with Gasteiger partial charge >= 0.3 is 0 Å². The molecule has 5 nitrogen and oxygen atoms in total. The van der Waals surface area contributed by atoms with E-state index >= 15 is 0 Å². The van der Waals surface area contributed by atoms with Gasteiger partial charge in [0, 0.05) is 12.6 Å². The molecule has 0 bridgehead atoms. The Morgan fingerprint density at radius 1 is 1.44 bits per heavy atom. The first-order chi connectivity index (χ1) is 8.13. The van der Waals surface area contributed by atoms with E-state index in [1.54, 1.807) is 0 Å². The van der Waals surface area contributed by atoms with Crippen LogP contribution in [0.4, 0.5) is 0 Å². The summed E-state index contributed by atoms with van der Waals surface area (Å²) in [6.07, 6.45) is 1.22. The normalized spacial score (nSPS) is 24.8.